The second-order valence-corrected chi connectivity index (χ2v) is 5.11. The van der Waals surface area contributed by atoms with Crippen LogP contribution in [0.25, 0.3) is 11.0 Å². The number of aromatic nitrogens is 3. The van der Waals surface area contributed by atoms with Crippen molar-refractivity contribution in [1.82, 2.24) is 19.9 Å². The summed E-state index contributed by atoms with van der Waals surface area (Å²) in [6.45, 7) is 5.72. The van der Waals surface area contributed by atoms with E-state index >= 15 is 0 Å². The zero-order valence-electron chi connectivity index (χ0n) is 12.5. The van der Waals surface area contributed by atoms with Crippen LogP contribution in [0.15, 0.2) is 17.2 Å². The van der Waals surface area contributed by atoms with Crippen molar-refractivity contribution >= 4 is 23.0 Å². The molecule has 9 heteroatoms. The molecule has 1 saturated heterocycles. The molecule has 1 aliphatic heterocycles. The number of nitrogens with one attached hydrogen (secondary N) is 1. The fourth-order valence-electron chi connectivity index (χ4n) is 2.57. The fraction of sp³-hybridized carbons (Fsp3) is 0.429. The van der Waals surface area contributed by atoms with Crippen LogP contribution in [-0.4, -0.2) is 51.8 Å². The number of rotatable bonds is 3. The van der Waals surface area contributed by atoms with E-state index in [1.165, 1.54) is 12.4 Å². The number of carboxylic acids is 1. The monoisotopic (exact) mass is 410 g/mol. The molecule has 0 unspecified atom stereocenters. The maximum atomic E-state index is 12.2. The first-order valence-corrected chi connectivity index (χ1v) is 7.21. The molecule has 0 atom stereocenters. The number of fused-ring (bicyclic) bond motifs is 1. The van der Waals surface area contributed by atoms with Crippen LogP contribution in [0.3, 0.4) is 0 Å². The molecule has 0 aliphatic carbocycles. The number of anilines is 1. The molecule has 8 nitrogen and oxygen atoms in total. The first kappa shape index (κ1) is 17.6. The number of carboxylic acid groups (broad SMARTS) is 1. The predicted octanol–water partition coefficient (Wildman–Crippen LogP) is -0.0833. The van der Waals surface area contributed by atoms with E-state index in [4.69, 9.17) is 5.11 Å². The number of hydrogen-bond donors (Lipinski definition) is 2. The van der Waals surface area contributed by atoms with Crippen molar-refractivity contribution in [2.75, 3.05) is 31.1 Å². The third-order valence-corrected chi connectivity index (χ3v) is 3.77. The molecular formula is C14H17AgN5O3. The fourth-order valence-corrected chi connectivity index (χ4v) is 2.57. The van der Waals surface area contributed by atoms with Gasteiger partial charge in [0.1, 0.15) is 11.2 Å². The molecule has 2 aromatic heterocycles. The van der Waals surface area contributed by atoms with Gasteiger partial charge in [-0.25, -0.2) is 9.78 Å². The summed E-state index contributed by atoms with van der Waals surface area (Å²) < 4.78 is 1.67. The van der Waals surface area contributed by atoms with Crippen LogP contribution < -0.4 is 15.6 Å². The van der Waals surface area contributed by atoms with Gasteiger partial charge < -0.3 is 19.9 Å². The Morgan fingerprint density at radius 1 is 1.39 bits per heavy atom. The van der Waals surface area contributed by atoms with Crippen LogP contribution >= 0.6 is 0 Å². The van der Waals surface area contributed by atoms with Crippen LogP contribution in [0.4, 0.5) is 5.95 Å². The zero-order chi connectivity index (χ0) is 15.7. The Balaban J connectivity index is 0.00000192. The maximum Gasteiger partial charge on any atom is 0.341 e. The molecular weight excluding hydrogens is 394 g/mol. The summed E-state index contributed by atoms with van der Waals surface area (Å²) in [6, 6.07) is 0. The molecule has 0 aromatic carbocycles. The third-order valence-electron chi connectivity index (χ3n) is 3.77. The minimum Gasteiger partial charge on any atom is -0.477 e. The SMILES string of the molecule is CCn1cc(C(=O)O)c(=O)c2cnc(N3CCNCC3)nc21.[Ag]. The maximum absolute atomic E-state index is 12.2. The second-order valence-electron chi connectivity index (χ2n) is 5.11. The van der Waals surface area contributed by atoms with E-state index in [1.807, 2.05) is 11.8 Å². The quantitative estimate of drug-likeness (QED) is 0.682. The topological polar surface area (TPSA) is 100 Å². The number of aromatic carboxylic acids is 1. The van der Waals surface area contributed by atoms with Gasteiger partial charge in [0, 0.05) is 67.5 Å². The standard InChI is InChI=1S/C14H17N5O3.Ag/c1-2-18-8-10(13(21)22)11(20)9-7-16-14(17-12(9)18)19-5-3-15-4-6-19;/h7-8,15H,2-6H2,1H3,(H,21,22);. The molecule has 3 heterocycles. The molecule has 0 amide bonds. The first-order chi connectivity index (χ1) is 10.6. The normalized spacial score (nSPS) is 14.6. The molecule has 0 spiro atoms. The van der Waals surface area contributed by atoms with E-state index in [9.17, 15) is 9.59 Å². The largest absolute Gasteiger partial charge is 0.477 e. The number of piperazine rings is 1. The van der Waals surface area contributed by atoms with Gasteiger partial charge in [0.05, 0.1) is 5.39 Å². The smallest absolute Gasteiger partial charge is 0.341 e. The van der Waals surface area contributed by atoms with Crippen molar-refractivity contribution in [2.24, 2.45) is 0 Å². The Morgan fingerprint density at radius 2 is 2.09 bits per heavy atom. The predicted molar refractivity (Wildman–Crippen MR) is 81.5 cm³/mol. The van der Waals surface area contributed by atoms with Crippen molar-refractivity contribution in [2.45, 2.75) is 13.5 Å². The summed E-state index contributed by atoms with van der Waals surface area (Å²) >= 11 is 0. The van der Waals surface area contributed by atoms with Crippen LogP contribution in [0.2, 0.25) is 0 Å². The third kappa shape index (κ3) is 3.30. The summed E-state index contributed by atoms with van der Waals surface area (Å²) in [7, 11) is 0. The summed E-state index contributed by atoms with van der Waals surface area (Å²) in [6.07, 6.45) is 2.78. The van der Waals surface area contributed by atoms with Gasteiger partial charge in [0.15, 0.2) is 0 Å². The molecule has 1 radical (unpaired) electrons. The summed E-state index contributed by atoms with van der Waals surface area (Å²) in [4.78, 5) is 34.2. The van der Waals surface area contributed by atoms with E-state index in [1.54, 1.807) is 4.57 Å². The number of aryl methyl sites for hydroxylation is 1. The number of hydrogen-bond acceptors (Lipinski definition) is 6. The van der Waals surface area contributed by atoms with Crippen molar-refractivity contribution in [1.29, 1.82) is 0 Å². The summed E-state index contributed by atoms with van der Waals surface area (Å²) in [5.41, 5.74) is -0.326. The second kappa shape index (κ2) is 7.22. The average Bonchev–Trinajstić information content (AvgIpc) is 2.55. The molecule has 3 rings (SSSR count). The molecule has 127 valence electrons. The van der Waals surface area contributed by atoms with Gasteiger partial charge in [-0.1, -0.05) is 0 Å². The molecule has 2 aromatic rings. The van der Waals surface area contributed by atoms with E-state index in [0.717, 1.165) is 26.2 Å². The number of nitrogens with zero attached hydrogens (tertiary/aromatic N) is 4. The van der Waals surface area contributed by atoms with Crippen LogP contribution in [-0.2, 0) is 28.9 Å². The summed E-state index contributed by atoms with van der Waals surface area (Å²) in [5.74, 6) is -0.668. The Bertz CT molecular complexity index is 786. The van der Waals surface area contributed by atoms with Crippen LogP contribution in [0, 0.1) is 0 Å². The molecule has 2 N–H and O–H groups in total. The Morgan fingerprint density at radius 3 is 2.70 bits per heavy atom. The summed E-state index contributed by atoms with van der Waals surface area (Å²) in [5, 5.41) is 12.6. The average molecular weight is 411 g/mol. The van der Waals surface area contributed by atoms with Gasteiger partial charge in [0.25, 0.3) is 0 Å². The van der Waals surface area contributed by atoms with E-state index in [2.05, 4.69) is 15.3 Å². The molecule has 0 bridgehead atoms. The number of pyridine rings is 1. The van der Waals surface area contributed by atoms with Crippen molar-refractivity contribution in [3.63, 3.8) is 0 Å². The van der Waals surface area contributed by atoms with Gasteiger partial charge in [-0.2, -0.15) is 4.98 Å². The molecule has 0 saturated carbocycles. The molecule has 1 aliphatic rings. The zero-order valence-corrected chi connectivity index (χ0v) is 14.0. The molecule has 23 heavy (non-hydrogen) atoms. The van der Waals surface area contributed by atoms with Crippen molar-refractivity contribution < 1.29 is 32.3 Å². The van der Waals surface area contributed by atoms with Crippen molar-refractivity contribution in [3.05, 3.63) is 28.2 Å². The van der Waals surface area contributed by atoms with Gasteiger partial charge >= 0.3 is 5.97 Å². The van der Waals surface area contributed by atoms with Gasteiger partial charge in [-0.15, -0.1) is 0 Å². The van der Waals surface area contributed by atoms with Gasteiger partial charge in [0.2, 0.25) is 11.4 Å². The van der Waals surface area contributed by atoms with E-state index in [-0.39, 0.29) is 33.3 Å². The number of carbonyl (C=O) groups is 1. The van der Waals surface area contributed by atoms with Crippen LogP contribution in [0.1, 0.15) is 17.3 Å². The minimum absolute atomic E-state index is 0. The van der Waals surface area contributed by atoms with Gasteiger partial charge in [-0.05, 0) is 6.92 Å². The van der Waals surface area contributed by atoms with E-state index in [0.29, 0.717) is 18.1 Å². The Kier molecular flexibility index (Phi) is 5.53. The minimum atomic E-state index is -1.24. The van der Waals surface area contributed by atoms with E-state index < -0.39 is 11.4 Å². The van der Waals surface area contributed by atoms with Crippen LogP contribution in [0.5, 0.6) is 0 Å². The van der Waals surface area contributed by atoms with Crippen molar-refractivity contribution in [3.8, 4) is 0 Å². The van der Waals surface area contributed by atoms with Gasteiger partial charge in [-0.3, -0.25) is 4.79 Å². The Hall–Kier alpha value is -1.74. The Labute approximate surface area is 148 Å². The molecule has 1 fully saturated rings. The first-order valence-electron chi connectivity index (χ1n) is 7.21.